The van der Waals surface area contributed by atoms with Crippen molar-refractivity contribution in [3.8, 4) is 0 Å². The summed E-state index contributed by atoms with van der Waals surface area (Å²) in [5.41, 5.74) is -0.547. The van der Waals surface area contributed by atoms with Crippen LogP contribution in [0.3, 0.4) is 0 Å². The standard InChI is InChI=1S/C17H16F4N2O/c1-11(12-5-3-2-4-6-12)10-22-16(24)23-15-9-13(17(19,20)21)7-8-14(15)18/h2-9,11H,10H2,1H3,(H2,22,23,24). The topological polar surface area (TPSA) is 41.1 Å². The molecule has 1 atom stereocenters. The average molecular weight is 340 g/mol. The number of carbonyl (C=O) groups excluding carboxylic acids is 1. The van der Waals surface area contributed by atoms with Crippen molar-refractivity contribution in [2.24, 2.45) is 0 Å². The van der Waals surface area contributed by atoms with Crippen LogP contribution in [0.1, 0.15) is 24.0 Å². The lowest BCUT2D eigenvalue weighted by Gasteiger charge is -2.15. The number of alkyl halides is 3. The van der Waals surface area contributed by atoms with Crippen LogP contribution < -0.4 is 10.6 Å². The fourth-order valence-electron chi connectivity index (χ4n) is 2.11. The largest absolute Gasteiger partial charge is 0.416 e. The lowest BCUT2D eigenvalue weighted by molar-refractivity contribution is -0.137. The fourth-order valence-corrected chi connectivity index (χ4v) is 2.11. The average Bonchev–Trinajstić information content (AvgIpc) is 2.54. The molecule has 0 aromatic heterocycles. The number of hydrogen-bond donors (Lipinski definition) is 2. The molecule has 0 aliphatic carbocycles. The van der Waals surface area contributed by atoms with E-state index in [4.69, 9.17) is 0 Å². The maximum absolute atomic E-state index is 13.6. The van der Waals surface area contributed by atoms with E-state index in [1.165, 1.54) is 0 Å². The van der Waals surface area contributed by atoms with Crippen molar-refractivity contribution < 1.29 is 22.4 Å². The Bertz CT molecular complexity index is 701. The van der Waals surface area contributed by atoms with Gasteiger partial charge in [0.25, 0.3) is 0 Å². The molecule has 0 spiro atoms. The SMILES string of the molecule is CC(CNC(=O)Nc1cc(C(F)(F)F)ccc1F)c1ccccc1. The van der Waals surface area contributed by atoms with Gasteiger partial charge in [0.2, 0.25) is 0 Å². The van der Waals surface area contributed by atoms with Crippen molar-refractivity contribution in [3.05, 3.63) is 65.5 Å². The van der Waals surface area contributed by atoms with E-state index < -0.39 is 29.3 Å². The highest BCUT2D eigenvalue weighted by Crippen LogP contribution is 2.31. The van der Waals surface area contributed by atoms with Crippen molar-refractivity contribution in [3.63, 3.8) is 0 Å². The van der Waals surface area contributed by atoms with Crippen molar-refractivity contribution in [2.45, 2.75) is 19.0 Å². The third kappa shape index (κ3) is 4.71. The molecule has 0 fully saturated rings. The summed E-state index contributed by atoms with van der Waals surface area (Å²) in [5, 5.41) is 4.62. The van der Waals surface area contributed by atoms with Gasteiger partial charge in [-0.05, 0) is 29.7 Å². The summed E-state index contributed by atoms with van der Waals surface area (Å²) in [6.45, 7) is 2.15. The predicted molar refractivity (Wildman–Crippen MR) is 83.3 cm³/mol. The van der Waals surface area contributed by atoms with Gasteiger partial charge < -0.3 is 10.6 Å². The number of amides is 2. The minimum absolute atomic E-state index is 0.00306. The Morgan fingerprint density at radius 3 is 2.42 bits per heavy atom. The first-order valence-corrected chi connectivity index (χ1v) is 7.24. The third-order valence-corrected chi connectivity index (χ3v) is 3.48. The number of carbonyl (C=O) groups is 1. The molecular weight excluding hydrogens is 324 g/mol. The van der Waals surface area contributed by atoms with Crippen LogP contribution in [0, 0.1) is 5.82 Å². The smallest absolute Gasteiger partial charge is 0.337 e. The predicted octanol–water partition coefficient (Wildman–Crippen LogP) is 4.77. The monoisotopic (exact) mass is 340 g/mol. The number of rotatable bonds is 4. The van der Waals surface area contributed by atoms with Crippen LogP contribution in [0.2, 0.25) is 0 Å². The van der Waals surface area contributed by atoms with Gasteiger partial charge in [0, 0.05) is 6.54 Å². The molecule has 2 rings (SSSR count). The molecule has 2 amide bonds. The van der Waals surface area contributed by atoms with Crippen LogP contribution in [-0.4, -0.2) is 12.6 Å². The highest BCUT2D eigenvalue weighted by atomic mass is 19.4. The molecule has 0 aliphatic rings. The minimum atomic E-state index is -4.61. The zero-order valence-electron chi connectivity index (χ0n) is 12.8. The van der Waals surface area contributed by atoms with Gasteiger partial charge in [-0.1, -0.05) is 37.3 Å². The van der Waals surface area contributed by atoms with Gasteiger partial charge >= 0.3 is 12.2 Å². The summed E-state index contributed by atoms with van der Waals surface area (Å²) in [7, 11) is 0. The van der Waals surface area contributed by atoms with E-state index >= 15 is 0 Å². The minimum Gasteiger partial charge on any atom is -0.337 e. The van der Waals surface area contributed by atoms with Crippen molar-refractivity contribution in [1.29, 1.82) is 0 Å². The van der Waals surface area contributed by atoms with Crippen molar-refractivity contribution in [1.82, 2.24) is 5.32 Å². The van der Waals surface area contributed by atoms with Gasteiger partial charge in [0.05, 0.1) is 11.3 Å². The first kappa shape index (κ1) is 17.8. The zero-order valence-corrected chi connectivity index (χ0v) is 12.8. The van der Waals surface area contributed by atoms with Crippen LogP contribution in [0.5, 0.6) is 0 Å². The Morgan fingerprint density at radius 2 is 1.79 bits per heavy atom. The number of anilines is 1. The van der Waals surface area contributed by atoms with E-state index in [0.717, 1.165) is 5.56 Å². The van der Waals surface area contributed by atoms with Crippen LogP contribution >= 0.6 is 0 Å². The maximum atomic E-state index is 13.6. The van der Waals surface area contributed by atoms with E-state index in [1.807, 2.05) is 37.3 Å². The van der Waals surface area contributed by atoms with Crippen molar-refractivity contribution in [2.75, 3.05) is 11.9 Å². The van der Waals surface area contributed by atoms with Crippen LogP contribution in [-0.2, 0) is 6.18 Å². The van der Waals surface area contributed by atoms with Crippen molar-refractivity contribution >= 4 is 11.7 Å². The molecule has 2 N–H and O–H groups in total. The summed E-state index contributed by atoms with van der Waals surface area (Å²) < 4.78 is 51.5. The summed E-state index contributed by atoms with van der Waals surface area (Å²) in [6, 6.07) is 10.5. The van der Waals surface area contributed by atoms with Gasteiger partial charge in [0.1, 0.15) is 5.82 Å². The number of hydrogen-bond acceptors (Lipinski definition) is 1. The number of nitrogens with one attached hydrogen (secondary N) is 2. The van der Waals surface area contributed by atoms with E-state index in [0.29, 0.717) is 18.2 Å². The van der Waals surface area contributed by atoms with E-state index in [-0.39, 0.29) is 12.5 Å². The molecule has 0 heterocycles. The van der Waals surface area contributed by atoms with E-state index in [9.17, 15) is 22.4 Å². The summed E-state index contributed by atoms with van der Waals surface area (Å²) in [6.07, 6.45) is -4.61. The first-order chi connectivity index (χ1) is 11.3. The van der Waals surface area contributed by atoms with E-state index in [1.54, 1.807) is 0 Å². The molecule has 0 bridgehead atoms. The fraction of sp³-hybridized carbons (Fsp3) is 0.235. The van der Waals surface area contributed by atoms with Gasteiger partial charge in [-0.3, -0.25) is 0 Å². The Balaban J connectivity index is 1.97. The molecule has 7 heteroatoms. The van der Waals surface area contributed by atoms with Crippen LogP contribution in [0.15, 0.2) is 48.5 Å². The van der Waals surface area contributed by atoms with Gasteiger partial charge in [0.15, 0.2) is 0 Å². The Labute approximate surface area is 136 Å². The van der Waals surface area contributed by atoms with Crippen LogP contribution in [0.25, 0.3) is 0 Å². The molecule has 128 valence electrons. The van der Waals surface area contributed by atoms with Crippen LogP contribution in [0.4, 0.5) is 28.0 Å². The molecule has 0 aliphatic heterocycles. The van der Waals surface area contributed by atoms with Gasteiger partial charge in [-0.25, -0.2) is 9.18 Å². The molecule has 2 aromatic rings. The van der Waals surface area contributed by atoms with E-state index in [2.05, 4.69) is 10.6 Å². The lowest BCUT2D eigenvalue weighted by Crippen LogP contribution is -2.32. The second kappa shape index (κ2) is 7.33. The number of halogens is 4. The number of benzene rings is 2. The Hall–Kier alpha value is -2.57. The molecule has 24 heavy (non-hydrogen) atoms. The lowest BCUT2D eigenvalue weighted by atomic mass is 10.0. The quantitative estimate of drug-likeness (QED) is 0.774. The van der Waals surface area contributed by atoms with Gasteiger partial charge in [-0.2, -0.15) is 13.2 Å². The number of urea groups is 1. The first-order valence-electron chi connectivity index (χ1n) is 7.24. The summed E-state index contributed by atoms with van der Waals surface area (Å²) >= 11 is 0. The molecular formula is C17H16F4N2O. The third-order valence-electron chi connectivity index (χ3n) is 3.48. The summed E-state index contributed by atoms with van der Waals surface area (Å²) in [5.74, 6) is -0.933. The molecule has 0 saturated carbocycles. The molecule has 2 aromatic carbocycles. The molecule has 0 saturated heterocycles. The zero-order chi connectivity index (χ0) is 17.7. The summed E-state index contributed by atoms with van der Waals surface area (Å²) in [4.78, 5) is 11.8. The molecule has 3 nitrogen and oxygen atoms in total. The second-order valence-electron chi connectivity index (χ2n) is 5.34. The molecule has 0 radical (unpaired) electrons. The highest BCUT2D eigenvalue weighted by Gasteiger charge is 2.31. The van der Waals surface area contributed by atoms with Gasteiger partial charge in [-0.15, -0.1) is 0 Å². The Morgan fingerprint density at radius 1 is 1.12 bits per heavy atom. The molecule has 1 unspecified atom stereocenters. The maximum Gasteiger partial charge on any atom is 0.416 e. The Kier molecular flexibility index (Phi) is 5.43. The normalized spacial score (nSPS) is 12.5. The second-order valence-corrected chi connectivity index (χ2v) is 5.34. The highest BCUT2D eigenvalue weighted by molar-refractivity contribution is 5.89.